The van der Waals surface area contributed by atoms with Crippen molar-refractivity contribution in [3.8, 4) is 0 Å². The van der Waals surface area contributed by atoms with Gasteiger partial charge in [-0.15, -0.1) is 0 Å². The molecule has 0 fully saturated rings. The molecule has 0 saturated heterocycles. The number of hydrogen-bond donors (Lipinski definition) is 0. The molecule has 7 heteroatoms. The van der Waals surface area contributed by atoms with E-state index in [4.69, 9.17) is 0 Å². The van der Waals surface area contributed by atoms with E-state index in [0.717, 1.165) is 17.2 Å². The van der Waals surface area contributed by atoms with Gasteiger partial charge in [0, 0.05) is 4.48 Å². The fourth-order valence-corrected chi connectivity index (χ4v) is 3.26. The van der Waals surface area contributed by atoms with Crippen LogP contribution in [0.5, 0.6) is 0 Å². The fourth-order valence-electron chi connectivity index (χ4n) is 2.74. The van der Waals surface area contributed by atoms with Gasteiger partial charge < -0.3 is 0 Å². The predicted octanol–water partition coefficient (Wildman–Crippen LogP) is 6.57. The van der Waals surface area contributed by atoms with E-state index in [1.54, 1.807) is 18.2 Å². The molecule has 0 N–H and O–H groups in total. The summed E-state index contributed by atoms with van der Waals surface area (Å²) in [7, 11) is 0. The molecule has 0 atom stereocenters. The Morgan fingerprint density at radius 3 is 1.90 bits per heavy atom. The van der Waals surface area contributed by atoms with E-state index in [9.17, 15) is 20.2 Å². The number of nitro benzene ring substituents is 2. The minimum Gasteiger partial charge on any atom is -0.258 e. The van der Waals surface area contributed by atoms with E-state index < -0.39 is 9.85 Å². The van der Waals surface area contributed by atoms with Crippen molar-refractivity contribution in [2.45, 2.75) is 0 Å². The van der Waals surface area contributed by atoms with Crippen molar-refractivity contribution in [3.05, 3.63) is 115 Å². The van der Waals surface area contributed by atoms with Crippen molar-refractivity contribution in [1.82, 2.24) is 0 Å². The molecule has 0 aliphatic rings. The maximum Gasteiger partial charge on any atom is 0.283 e. The summed E-state index contributed by atoms with van der Waals surface area (Å²) >= 11 is 3.44. The van der Waals surface area contributed by atoms with Gasteiger partial charge in [0.05, 0.1) is 27.0 Å². The highest BCUT2D eigenvalue weighted by Gasteiger charge is 2.22. The first-order valence-electron chi connectivity index (χ1n) is 8.58. The van der Waals surface area contributed by atoms with Gasteiger partial charge in [-0.2, -0.15) is 0 Å². The molecule has 0 aliphatic carbocycles. The van der Waals surface area contributed by atoms with Crippen LogP contribution in [0.1, 0.15) is 22.3 Å². The first kappa shape index (κ1) is 20.2. The van der Waals surface area contributed by atoms with Gasteiger partial charge >= 0.3 is 0 Å². The van der Waals surface area contributed by atoms with Gasteiger partial charge in [0.1, 0.15) is 0 Å². The summed E-state index contributed by atoms with van der Waals surface area (Å²) < 4.78 is 0.632. The quantitative estimate of drug-likeness (QED) is 0.241. The SMILES string of the molecule is O=[N+]([O-])c1cc([N+](=O)[O-])c(C=C(Br)c2ccccc2)cc1C=Cc1ccccc1. The van der Waals surface area contributed by atoms with E-state index in [-0.39, 0.29) is 22.5 Å². The first-order valence-corrected chi connectivity index (χ1v) is 9.37. The second-order valence-corrected chi connectivity index (χ2v) is 6.94. The number of rotatable bonds is 6. The Morgan fingerprint density at radius 2 is 1.31 bits per heavy atom. The van der Waals surface area contributed by atoms with E-state index >= 15 is 0 Å². The van der Waals surface area contributed by atoms with Gasteiger partial charge in [0.2, 0.25) is 0 Å². The molecule has 6 nitrogen and oxygen atoms in total. The minimum absolute atomic E-state index is 0.268. The summed E-state index contributed by atoms with van der Waals surface area (Å²) in [6.45, 7) is 0. The molecule has 0 saturated carbocycles. The van der Waals surface area contributed by atoms with Gasteiger partial charge in [-0.05, 0) is 29.3 Å². The summed E-state index contributed by atoms with van der Waals surface area (Å²) in [6.07, 6.45) is 4.91. The summed E-state index contributed by atoms with van der Waals surface area (Å²) in [5.74, 6) is 0. The zero-order valence-electron chi connectivity index (χ0n) is 15.1. The molecule has 0 bridgehead atoms. The monoisotopic (exact) mass is 450 g/mol. The summed E-state index contributed by atoms with van der Waals surface area (Å²) in [6, 6.07) is 21.0. The molecule has 0 heterocycles. The van der Waals surface area contributed by atoms with E-state index in [0.29, 0.717) is 4.48 Å². The standard InChI is InChI=1S/C22H15BrN2O4/c23-20(17-9-5-2-6-10-17)14-19-13-18(12-11-16-7-3-1-4-8-16)21(24(26)27)15-22(19)25(28)29/h1-15H. The Bertz CT molecular complexity index is 1110. The molecule has 3 aromatic rings. The molecule has 3 aromatic carbocycles. The van der Waals surface area contributed by atoms with Crippen molar-refractivity contribution < 1.29 is 9.85 Å². The van der Waals surface area contributed by atoms with Crippen LogP contribution in [0, 0.1) is 20.2 Å². The lowest BCUT2D eigenvalue weighted by Crippen LogP contribution is -1.98. The zero-order valence-corrected chi connectivity index (χ0v) is 16.7. The third-order valence-electron chi connectivity index (χ3n) is 4.16. The topological polar surface area (TPSA) is 86.3 Å². The summed E-state index contributed by atoms with van der Waals surface area (Å²) in [5, 5.41) is 23.0. The van der Waals surface area contributed by atoms with Crippen LogP contribution in [0.4, 0.5) is 11.4 Å². The van der Waals surface area contributed by atoms with Gasteiger partial charge in [-0.3, -0.25) is 20.2 Å². The van der Waals surface area contributed by atoms with Crippen LogP contribution < -0.4 is 0 Å². The van der Waals surface area contributed by atoms with Crippen LogP contribution >= 0.6 is 15.9 Å². The average Bonchev–Trinajstić information content (AvgIpc) is 2.73. The maximum absolute atomic E-state index is 11.5. The number of nitrogens with zero attached hydrogens (tertiary/aromatic N) is 2. The zero-order chi connectivity index (χ0) is 20.8. The maximum atomic E-state index is 11.5. The predicted molar refractivity (Wildman–Crippen MR) is 118 cm³/mol. The molecule has 0 aromatic heterocycles. The highest BCUT2D eigenvalue weighted by Crippen LogP contribution is 2.34. The number of halogens is 1. The number of hydrogen-bond acceptors (Lipinski definition) is 4. The summed E-state index contributed by atoms with van der Waals surface area (Å²) in [4.78, 5) is 21.8. The lowest BCUT2D eigenvalue weighted by molar-refractivity contribution is -0.394. The molecule has 0 radical (unpaired) electrons. The van der Waals surface area contributed by atoms with Crippen molar-refractivity contribution in [3.63, 3.8) is 0 Å². The Hall–Kier alpha value is -3.58. The largest absolute Gasteiger partial charge is 0.283 e. The lowest BCUT2D eigenvalue weighted by atomic mass is 10.0. The molecule has 29 heavy (non-hydrogen) atoms. The van der Waals surface area contributed by atoms with Gasteiger partial charge in [0.15, 0.2) is 0 Å². The third kappa shape index (κ3) is 5.03. The molecular formula is C22H15BrN2O4. The van der Waals surface area contributed by atoms with Crippen molar-refractivity contribution in [1.29, 1.82) is 0 Å². The molecule has 0 unspecified atom stereocenters. The minimum atomic E-state index is -0.616. The van der Waals surface area contributed by atoms with Gasteiger partial charge in [0.25, 0.3) is 11.4 Å². The van der Waals surface area contributed by atoms with Crippen LogP contribution in [0.25, 0.3) is 22.7 Å². The van der Waals surface area contributed by atoms with Crippen LogP contribution in [-0.2, 0) is 0 Å². The Kier molecular flexibility index (Phi) is 6.31. The van der Waals surface area contributed by atoms with Crippen molar-refractivity contribution in [2.75, 3.05) is 0 Å². The molecule has 0 aliphatic heterocycles. The third-order valence-corrected chi connectivity index (χ3v) is 4.84. The number of nitro groups is 2. The van der Waals surface area contributed by atoms with E-state index in [1.807, 2.05) is 60.7 Å². The fraction of sp³-hybridized carbons (Fsp3) is 0. The second-order valence-electron chi connectivity index (χ2n) is 6.09. The Balaban J connectivity index is 2.13. The molecule has 3 rings (SSSR count). The Labute approximate surface area is 175 Å². The second kappa shape index (κ2) is 9.07. The molecular weight excluding hydrogens is 436 g/mol. The molecule has 0 spiro atoms. The first-order chi connectivity index (χ1) is 14.0. The van der Waals surface area contributed by atoms with E-state index in [2.05, 4.69) is 15.9 Å². The van der Waals surface area contributed by atoms with Crippen LogP contribution in [0.2, 0.25) is 0 Å². The van der Waals surface area contributed by atoms with E-state index in [1.165, 1.54) is 6.07 Å². The van der Waals surface area contributed by atoms with Crippen molar-refractivity contribution >= 4 is 50.0 Å². The smallest absolute Gasteiger partial charge is 0.258 e. The van der Waals surface area contributed by atoms with Crippen LogP contribution in [0.3, 0.4) is 0 Å². The molecule has 144 valence electrons. The molecule has 0 amide bonds. The highest BCUT2D eigenvalue weighted by atomic mass is 79.9. The highest BCUT2D eigenvalue weighted by molar-refractivity contribution is 9.15. The normalized spacial score (nSPS) is 11.6. The average molecular weight is 451 g/mol. The number of benzene rings is 3. The van der Waals surface area contributed by atoms with Crippen molar-refractivity contribution in [2.24, 2.45) is 0 Å². The van der Waals surface area contributed by atoms with Gasteiger partial charge in [-0.1, -0.05) is 82.7 Å². The Morgan fingerprint density at radius 1 is 0.759 bits per heavy atom. The summed E-state index contributed by atoms with van der Waals surface area (Å²) in [5.41, 5.74) is 1.59. The van der Waals surface area contributed by atoms with Crippen LogP contribution in [-0.4, -0.2) is 9.85 Å². The van der Waals surface area contributed by atoms with Crippen LogP contribution in [0.15, 0.2) is 72.8 Å². The van der Waals surface area contributed by atoms with Gasteiger partial charge in [-0.25, -0.2) is 0 Å². The lowest BCUT2D eigenvalue weighted by Gasteiger charge is -2.05.